The van der Waals surface area contributed by atoms with Crippen LogP contribution in [0.25, 0.3) is 0 Å². The van der Waals surface area contributed by atoms with Gasteiger partial charge in [0.15, 0.2) is 5.78 Å². The second-order valence-electron chi connectivity index (χ2n) is 7.06. The van der Waals surface area contributed by atoms with E-state index in [4.69, 9.17) is 0 Å². The van der Waals surface area contributed by atoms with Crippen LogP contribution in [0.1, 0.15) is 34.3 Å². The quantitative estimate of drug-likeness (QED) is 0.755. The van der Waals surface area contributed by atoms with Crippen molar-refractivity contribution in [2.24, 2.45) is 0 Å². The second-order valence-corrected chi connectivity index (χ2v) is 7.06. The van der Waals surface area contributed by atoms with Gasteiger partial charge in [-0.2, -0.15) is 0 Å². The van der Waals surface area contributed by atoms with Gasteiger partial charge in [-0.3, -0.25) is 9.59 Å². The number of aryl methyl sites for hydroxylation is 2. The van der Waals surface area contributed by atoms with Crippen LogP contribution in [0.5, 0.6) is 0 Å². The Morgan fingerprint density at radius 2 is 1.67 bits per heavy atom. The molecular weight excluding hydrogens is 343 g/mol. The molecule has 0 aliphatic carbocycles. The molecule has 0 aromatic heterocycles. The molecule has 1 aliphatic rings. The predicted octanol–water partition coefficient (Wildman–Crippen LogP) is 3.75. The molecule has 4 nitrogen and oxygen atoms in total. The fourth-order valence-electron chi connectivity index (χ4n) is 3.45. The first kappa shape index (κ1) is 19.1. The maximum atomic E-state index is 13.9. The van der Waals surface area contributed by atoms with Gasteiger partial charge in [-0.25, -0.2) is 4.39 Å². The van der Waals surface area contributed by atoms with E-state index < -0.39 is 0 Å². The summed E-state index contributed by atoms with van der Waals surface area (Å²) in [6, 6.07) is 12.5. The smallest absolute Gasteiger partial charge is 0.223 e. The van der Waals surface area contributed by atoms with E-state index in [9.17, 15) is 14.0 Å². The number of anilines is 1. The molecular formula is C22H25FN2O2. The number of nitrogens with zero attached hydrogens (tertiary/aromatic N) is 2. The van der Waals surface area contributed by atoms with Crippen molar-refractivity contribution in [3.05, 3.63) is 65.0 Å². The number of para-hydroxylation sites is 1. The monoisotopic (exact) mass is 368 g/mol. The Hall–Kier alpha value is -2.69. The van der Waals surface area contributed by atoms with Crippen molar-refractivity contribution in [1.82, 2.24) is 4.90 Å². The number of ketones is 1. The molecule has 0 N–H and O–H groups in total. The van der Waals surface area contributed by atoms with Crippen LogP contribution in [0.4, 0.5) is 10.1 Å². The van der Waals surface area contributed by atoms with E-state index in [2.05, 4.69) is 0 Å². The normalized spacial score (nSPS) is 14.3. The van der Waals surface area contributed by atoms with Crippen LogP contribution in [0.2, 0.25) is 0 Å². The fourth-order valence-corrected chi connectivity index (χ4v) is 3.45. The van der Waals surface area contributed by atoms with Gasteiger partial charge in [-0.15, -0.1) is 0 Å². The summed E-state index contributed by atoms with van der Waals surface area (Å²) in [7, 11) is 0. The SMILES string of the molecule is Cc1ccc(C)c(C(=O)CCC(=O)N2CCN(c3ccccc3F)CC2)c1. The van der Waals surface area contributed by atoms with Crippen LogP contribution in [-0.4, -0.2) is 42.8 Å². The lowest BCUT2D eigenvalue weighted by Crippen LogP contribution is -2.49. The van der Waals surface area contributed by atoms with Gasteiger partial charge >= 0.3 is 0 Å². The van der Waals surface area contributed by atoms with Gasteiger partial charge in [-0.1, -0.05) is 29.8 Å². The van der Waals surface area contributed by atoms with Crippen molar-refractivity contribution in [2.45, 2.75) is 26.7 Å². The minimum Gasteiger partial charge on any atom is -0.366 e. The van der Waals surface area contributed by atoms with Gasteiger partial charge in [0.2, 0.25) is 5.91 Å². The van der Waals surface area contributed by atoms with Crippen molar-refractivity contribution in [3.63, 3.8) is 0 Å². The third kappa shape index (κ3) is 4.54. The molecule has 3 rings (SSSR count). The lowest BCUT2D eigenvalue weighted by Gasteiger charge is -2.36. The molecule has 2 aromatic rings. The molecule has 0 spiro atoms. The Labute approximate surface area is 159 Å². The Kier molecular flexibility index (Phi) is 5.89. The molecule has 1 aliphatic heterocycles. The Balaban J connectivity index is 1.52. The summed E-state index contributed by atoms with van der Waals surface area (Å²) in [5.74, 6) is -0.243. The molecule has 0 atom stereocenters. The van der Waals surface area contributed by atoms with Gasteiger partial charge in [0, 0.05) is 44.6 Å². The molecule has 1 amide bonds. The third-order valence-electron chi connectivity index (χ3n) is 5.08. The average molecular weight is 368 g/mol. The summed E-state index contributed by atoms with van der Waals surface area (Å²) in [5, 5.41) is 0. The number of hydrogen-bond acceptors (Lipinski definition) is 3. The van der Waals surface area contributed by atoms with Crippen molar-refractivity contribution in [2.75, 3.05) is 31.1 Å². The first-order valence-electron chi connectivity index (χ1n) is 9.33. The summed E-state index contributed by atoms with van der Waals surface area (Å²) in [4.78, 5) is 28.7. The molecule has 0 unspecified atom stereocenters. The number of benzene rings is 2. The topological polar surface area (TPSA) is 40.6 Å². The van der Waals surface area contributed by atoms with E-state index in [1.807, 2.05) is 43.0 Å². The van der Waals surface area contributed by atoms with Crippen molar-refractivity contribution in [1.29, 1.82) is 0 Å². The number of Topliss-reactive ketones (excluding diaryl/α,β-unsaturated/α-hetero) is 1. The number of hydrogen-bond donors (Lipinski definition) is 0. The molecule has 1 saturated heterocycles. The zero-order chi connectivity index (χ0) is 19.4. The molecule has 1 fully saturated rings. The van der Waals surface area contributed by atoms with Crippen LogP contribution in [0.15, 0.2) is 42.5 Å². The summed E-state index contributed by atoms with van der Waals surface area (Å²) in [5.41, 5.74) is 3.26. The molecule has 5 heteroatoms. The summed E-state index contributed by atoms with van der Waals surface area (Å²) >= 11 is 0. The zero-order valence-electron chi connectivity index (χ0n) is 15.9. The third-order valence-corrected chi connectivity index (χ3v) is 5.08. The Bertz CT molecular complexity index is 842. The Morgan fingerprint density at radius 3 is 2.37 bits per heavy atom. The summed E-state index contributed by atoms with van der Waals surface area (Å²) < 4.78 is 13.9. The number of rotatable bonds is 5. The van der Waals surface area contributed by atoms with Gasteiger partial charge in [-0.05, 0) is 37.6 Å². The lowest BCUT2D eigenvalue weighted by molar-refractivity contribution is -0.131. The first-order valence-corrected chi connectivity index (χ1v) is 9.33. The highest BCUT2D eigenvalue weighted by molar-refractivity contribution is 5.99. The van der Waals surface area contributed by atoms with E-state index in [0.717, 1.165) is 11.1 Å². The molecule has 0 bridgehead atoms. The number of piperazine rings is 1. The molecule has 0 saturated carbocycles. The number of halogens is 1. The van der Waals surface area contributed by atoms with Crippen molar-refractivity contribution < 1.29 is 14.0 Å². The minimum absolute atomic E-state index is 0.00884. The van der Waals surface area contributed by atoms with E-state index in [1.54, 1.807) is 17.0 Å². The zero-order valence-corrected chi connectivity index (χ0v) is 15.9. The highest BCUT2D eigenvalue weighted by Gasteiger charge is 2.23. The van der Waals surface area contributed by atoms with E-state index in [-0.39, 0.29) is 30.3 Å². The largest absolute Gasteiger partial charge is 0.366 e. The predicted molar refractivity (Wildman–Crippen MR) is 105 cm³/mol. The standard InChI is InChI=1S/C22H25FN2O2/c1-16-7-8-17(2)18(15-16)21(26)9-10-22(27)25-13-11-24(12-14-25)20-6-4-3-5-19(20)23/h3-8,15H,9-14H2,1-2H3. The minimum atomic E-state index is -0.239. The van der Waals surface area contributed by atoms with Crippen LogP contribution in [0, 0.1) is 19.7 Å². The molecule has 2 aromatic carbocycles. The second kappa shape index (κ2) is 8.33. The van der Waals surface area contributed by atoms with E-state index >= 15 is 0 Å². The van der Waals surface area contributed by atoms with Gasteiger partial charge in [0.25, 0.3) is 0 Å². The van der Waals surface area contributed by atoms with Gasteiger partial charge in [0.05, 0.1) is 5.69 Å². The lowest BCUT2D eigenvalue weighted by atomic mass is 9.99. The fraction of sp³-hybridized carbons (Fsp3) is 0.364. The molecule has 142 valence electrons. The number of amides is 1. The Morgan fingerprint density at radius 1 is 0.963 bits per heavy atom. The van der Waals surface area contributed by atoms with Crippen molar-refractivity contribution in [3.8, 4) is 0 Å². The van der Waals surface area contributed by atoms with E-state index in [0.29, 0.717) is 37.4 Å². The molecule has 27 heavy (non-hydrogen) atoms. The number of carbonyl (C=O) groups excluding carboxylic acids is 2. The van der Waals surface area contributed by atoms with Gasteiger partial charge in [0.1, 0.15) is 5.82 Å². The maximum absolute atomic E-state index is 13.9. The van der Waals surface area contributed by atoms with Crippen LogP contribution < -0.4 is 4.90 Å². The van der Waals surface area contributed by atoms with Crippen LogP contribution in [-0.2, 0) is 4.79 Å². The first-order chi connectivity index (χ1) is 13.0. The molecule has 0 radical (unpaired) electrons. The average Bonchev–Trinajstić information content (AvgIpc) is 2.68. The summed E-state index contributed by atoms with van der Waals surface area (Å²) in [6.45, 7) is 6.15. The van der Waals surface area contributed by atoms with Crippen LogP contribution >= 0.6 is 0 Å². The van der Waals surface area contributed by atoms with Gasteiger partial charge < -0.3 is 9.80 Å². The van der Waals surface area contributed by atoms with Crippen LogP contribution in [0.3, 0.4) is 0 Å². The number of carbonyl (C=O) groups is 2. The van der Waals surface area contributed by atoms with E-state index in [1.165, 1.54) is 6.07 Å². The van der Waals surface area contributed by atoms with Crippen molar-refractivity contribution >= 4 is 17.4 Å². The maximum Gasteiger partial charge on any atom is 0.223 e. The highest BCUT2D eigenvalue weighted by Crippen LogP contribution is 2.21. The molecule has 1 heterocycles. The summed E-state index contributed by atoms with van der Waals surface area (Å²) in [6.07, 6.45) is 0.433. The highest BCUT2D eigenvalue weighted by atomic mass is 19.1.